The van der Waals surface area contributed by atoms with Crippen LogP contribution in [0.1, 0.15) is 12.5 Å². The van der Waals surface area contributed by atoms with Crippen LogP contribution < -0.4 is 24.0 Å². The number of benzene rings is 1. The van der Waals surface area contributed by atoms with Gasteiger partial charge in [-0.2, -0.15) is 0 Å². The topological polar surface area (TPSA) is 36.6 Å². The third kappa shape index (κ3) is 3.60. The number of piperazine rings is 1. The van der Waals surface area contributed by atoms with Crippen LogP contribution in [0.15, 0.2) is 12.1 Å². The average molecular weight is 296 g/mol. The maximum Gasteiger partial charge on any atom is 0.203 e. The Morgan fingerprint density at radius 2 is 1.48 bits per heavy atom. The van der Waals surface area contributed by atoms with Gasteiger partial charge in [-0.25, -0.2) is 0 Å². The van der Waals surface area contributed by atoms with E-state index in [1.807, 2.05) is 6.07 Å². The van der Waals surface area contributed by atoms with Gasteiger partial charge in [0.15, 0.2) is 11.5 Å². The summed E-state index contributed by atoms with van der Waals surface area (Å²) in [5.41, 5.74) is 1.19. The average Bonchev–Trinajstić information content (AvgIpc) is 2.54. The molecular formula is C16H28N2O3+2. The zero-order valence-electron chi connectivity index (χ0n) is 13.6. The fraction of sp³-hybridized carbons (Fsp3) is 0.625. The van der Waals surface area contributed by atoms with E-state index >= 15 is 0 Å². The molecule has 0 atom stereocenters. The minimum atomic E-state index is 0.690. The molecular weight excluding hydrogens is 268 g/mol. The minimum Gasteiger partial charge on any atom is -0.493 e. The lowest BCUT2D eigenvalue weighted by atomic mass is 10.1. The third-order valence-corrected chi connectivity index (χ3v) is 4.39. The normalized spacial score (nSPS) is 21.9. The van der Waals surface area contributed by atoms with Crippen LogP contribution in [-0.4, -0.2) is 54.1 Å². The first-order chi connectivity index (χ1) is 10.2. The molecule has 0 unspecified atom stereocenters. The lowest BCUT2D eigenvalue weighted by Crippen LogP contribution is -3.27. The molecule has 0 saturated carbocycles. The standard InChI is InChI=1S/C16H26N2O3/c1-5-17-8-10-18(11-9-17)12-13-6-7-14(19-2)16(21-4)15(13)20-3/h6-7H,5,8-12H2,1-4H3/p+2. The van der Waals surface area contributed by atoms with Crippen LogP contribution >= 0.6 is 0 Å². The lowest BCUT2D eigenvalue weighted by molar-refractivity contribution is -1.02. The van der Waals surface area contributed by atoms with Crippen molar-refractivity contribution in [2.24, 2.45) is 0 Å². The van der Waals surface area contributed by atoms with Gasteiger partial charge in [-0.15, -0.1) is 0 Å². The summed E-state index contributed by atoms with van der Waals surface area (Å²) in [7, 11) is 4.99. The molecule has 1 aromatic rings. The summed E-state index contributed by atoms with van der Waals surface area (Å²) in [4.78, 5) is 3.32. The molecule has 0 aromatic heterocycles. The van der Waals surface area contributed by atoms with Crippen LogP contribution in [-0.2, 0) is 6.54 Å². The van der Waals surface area contributed by atoms with E-state index < -0.39 is 0 Å². The first-order valence-corrected chi connectivity index (χ1v) is 7.68. The molecule has 0 spiro atoms. The number of quaternary nitrogens is 2. The lowest BCUT2D eigenvalue weighted by Gasteiger charge is -2.29. The molecule has 1 fully saturated rings. The van der Waals surface area contributed by atoms with E-state index in [0.29, 0.717) is 11.5 Å². The Balaban J connectivity index is 2.13. The highest BCUT2D eigenvalue weighted by molar-refractivity contribution is 5.55. The van der Waals surface area contributed by atoms with Gasteiger partial charge in [0.2, 0.25) is 5.75 Å². The molecule has 0 radical (unpaired) electrons. The predicted molar refractivity (Wildman–Crippen MR) is 81.7 cm³/mol. The molecule has 2 N–H and O–H groups in total. The van der Waals surface area contributed by atoms with Crippen LogP contribution in [0.5, 0.6) is 17.2 Å². The quantitative estimate of drug-likeness (QED) is 0.708. The van der Waals surface area contributed by atoms with Gasteiger partial charge < -0.3 is 24.0 Å². The fourth-order valence-corrected chi connectivity index (χ4v) is 3.06. The number of hydrogen-bond donors (Lipinski definition) is 2. The summed E-state index contributed by atoms with van der Waals surface area (Å²) in [5, 5.41) is 0. The van der Waals surface area contributed by atoms with Crippen molar-refractivity contribution in [1.82, 2.24) is 0 Å². The van der Waals surface area contributed by atoms with Gasteiger partial charge in [-0.3, -0.25) is 0 Å². The largest absolute Gasteiger partial charge is 0.493 e. The number of likely N-dealkylation sites (N-methyl/N-ethyl adjacent to an activating group) is 1. The fourth-order valence-electron chi connectivity index (χ4n) is 3.06. The summed E-state index contributed by atoms with van der Waals surface area (Å²) in [6.07, 6.45) is 0. The molecule has 1 aliphatic rings. The highest BCUT2D eigenvalue weighted by Crippen LogP contribution is 2.39. The number of hydrogen-bond acceptors (Lipinski definition) is 3. The zero-order valence-corrected chi connectivity index (χ0v) is 13.6. The number of rotatable bonds is 6. The molecule has 1 aromatic carbocycles. The highest BCUT2D eigenvalue weighted by atomic mass is 16.5. The van der Waals surface area contributed by atoms with Crippen LogP contribution in [0, 0.1) is 0 Å². The van der Waals surface area contributed by atoms with Crippen molar-refractivity contribution in [3.63, 3.8) is 0 Å². The number of ether oxygens (including phenoxy) is 3. The number of nitrogens with one attached hydrogen (secondary N) is 2. The van der Waals surface area contributed by atoms with Crippen LogP contribution in [0.3, 0.4) is 0 Å². The Labute approximate surface area is 127 Å². The molecule has 5 nitrogen and oxygen atoms in total. The molecule has 1 saturated heterocycles. The minimum absolute atomic E-state index is 0.690. The maximum absolute atomic E-state index is 5.57. The second-order valence-electron chi connectivity index (χ2n) is 5.52. The molecule has 0 bridgehead atoms. The first-order valence-electron chi connectivity index (χ1n) is 7.68. The summed E-state index contributed by atoms with van der Waals surface area (Å²) in [5.74, 6) is 2.21. The van der Waals surface area contributed by atoms with E-state index in [-0.39, 0.29) is 0 Å². The van der Waals surface area contributed by atoms with Crippen molar-refractivity contribution >= 4 is 0 Å². The van der Waals surface area contributed by atoms with Crippen LogP contribution in [0.2, 0.25) is 0 Å². The monoisotopic (exact) mass is 296 g/mol. The predicted octanol–water partition coefficient (Wildman–Crippen LogP) is -0.984. The summed E-state index contributed by atoms with van der Waals surface area (Å²) >= 11 is 0. The molecule has 2 rings (SSSR count). The molecule has 21 heavy (non-hydrogen) atoms. The second-order valence-corrected chi connectivity index (χ2v) is 5.52. The van der Waals surface area contributed by atoms with Gasteiger partial charge >= 0.3 is 0 Å². The first kappa shape index (κ1) is 15.9. The maximum atomic E-state index is 5.57. The van der Waals surface area contributed by atoms with Crippen LogP contribution in [0.25, 0.3) is 0 Å². The molecule has 0 aliphatic carbocycles. The van der Waals surface area contributed by atoms with E-state index in [1.165, 1.54) is 38.3 Å². The van der Waals surface area contributed by atoms with Gasteiger partial charge in [-0.05, 0) is 19.1 Å². The van der Waals surface area contributed by atoms with Crippen molar-refractivity contribution in [2.45, 2.75) is 13.5 Å². The molecule has 0 amide bonds. The smallest absolute Gasteiger partial charge is 0.203 e. The summed E-state index contributed by atoms with van der Waals surface area (Å²) < 4.78 is 16.4. The zero-order chi connectivity index (χ0) is 15.2. The Kier molecular flexibility index (Phi) is 5.70. The second kappa shape index (κ2) is 7.52. The molecule has 1 aliphatic heterocycles. The van der Waals surface area contributed by atoms with Gasteiger partial charge in [0.05, 0.1) is 33.4 Å². The van der Waals surface area contributed by atoms with Gasteiger partial charge in [0.25, 0.3) is 0 Å². The third-order valence-electron chi connectivity index (χ3n) is 4.39. The van der Waals surface area contributed by atoms with Gasteiger partial charge in [0.1, 0.15) is 32.7 Å². The Bertz CT molecular complexity index is 457. The van der Waals surface area contributed by atoms with E-state index in [1.54, 1.807) is 31.1 Å². The summed E-state index contributed by atoms with van der Waals surface area (Å²) in [6.45, 7) is 9.38. The molecule has 1 heterocycles. The SMILES string of the molecule is CC[NH+]1CC[NH+](Cc2ccc(OC)c(OC)c2OC)CC1. The van der Waals surface area contributed by atoms with E-state index in [2.05, 4.69) is 13.0 Å². The van der Waals surface area contributed by atoms with Gasteiger partial charge in [0, 0.05) is 0 Å². The van der Waals surface area contributed by atoms with Crippen molar-refractivity contribution in [2.75, 3.05) is 54.1 Å². The number of methoxy groups -OCH3 is 3. The Hall–Kier alpha value is -1.46. The Morgan fingerprint density at radius 3 is 2.00 bits per heavy atom. The van der Waals surface area contributed by atoms with Gasteiger partial charge in [-0.1, -0.05) is 0 Å². The molecule has 5 heteroatoms. The highest BCUT2D eigenvalue weighted by Gasteiger charge is 2.24. The summed E-state index contributed by atoms with van der Waals surface area (Å²) in [6, 6.07) is 4.05. The van der Waals surface area contributed by atoms with Crippen molar-refractivity contribution < 1.29 is 24.0 Å². The van der Waals surface area contributed by atoms with Crippen molar-refractivity contribution in [3.8, 4) is 17.2 Å². The van der Waals surface area contributed by atoms with Crippen molar-refractivity contribution in [3.05, 3.63) is 17.7 Å². The van der Waals surface area contributed by atoms with E-state index in [9.17, 15) is 0 Å². The Morgan fingerprint density at radius 1 is 0.857 bits per heavy atom. The van der Waals surface area contributed by atoms with E-state index in [4.69, 9.17) is 14.2 Å². The molecule has 118 valence electrons. The van der Waals surface area contributed by atoms with E-state index in [0.717, 1.165) is 12.3 Å². The van der Waals surface area contributed by atoms with Crippen molar-refractivity contribution in [1.29, 1.82) is 0 Å². The van der Waals surface area contributed by atoms with Crippen LogP contribution in [0.4, 0.5) is 0 Å².